The zero-order chi connectivity index (χ0) is 13.0. The molecule has 1 aromatic heterocycles. The van der Waals surface area contributed by atoms with Gasteiger partial charge in [-0.2, -0.15) is 0 Å². The molecule has 0 aromatic carbocycles. The van der Waals surface area contributed by atoms with Crippen molar-refractivity contribution in [2.45, 2.75) is 40.3 Å². The van der Waals surface area contributed by atoms with E-state index in [1.807, 2.05) is 20.0 Å². The molecule has 1 aromatic rings. The van der Waals surface area contributed by atoms with Crippen LogP contribution in [0.2, 0.25) is 0 Å². The summed E-state index contributed by atoms with van der Waals surface area (Å²) in [6.07, 6.45) is 1.83. The SMILES string of the molecule is CC#CC(=O)N(C)C(C)c1ncc(C)n1CC. The van der Waals surface area contributed by atoms with Crippen molar-refractivity contribution >= 4 is 5.91 Å². The Morgan fingerprint density at radius 2 is 2.29 bits per heavy atom. The molecule has 0 saturated heterocycles. The molecule has 0 bridgehead atoms. The third kappa shape index (κ3) is 2.68. The topological polar surface area (TPSA) is 38.1 Å². The lowest BCUT2D eigenvalue weighted by Gasteiger charge is -2.23. The van der Waals surface area contributed by atoms with Crippen LogP contribution in [-0.2, 0) is 11.3 Å². The number of aryl methyl sites for hydroxylation is 1. The summed E-state index contributed by atoms with van der Waals surface area (Å²) in [7, 11) is 1.75. The summed E-state index contributed by atoms with van der Waals surface area (Å²) in [6, 6.07) is -0.0722. The highest BCUT2D eigenvalue weighted by molar-refractivity contribution is 5.93. The summed E-state index contributed by atoms with van der Waals surface area (Å²) in [5.41, 5.74) is 1.11. The van der Waals surface area contributed by atoms with E-state index in [1.165, 1.54) is 0 Å². The molecular weight excluding hydrogens is 214 g/mol. The molecule has 0 fully saturated rings. The Bertz CT molecular complexity index is 465. The van der Waals surface area contributed by atoms with Crippen molar-refractivity contribution in [3.63, 3.8) is 0 Å². The third-order valence-electron chi connectivity index (χ3n) is 2.91. The highest BCUT2D eigenvalue weighted by atomic mass is 16.2. The number of hydrogen-bond donors (Lipinski definition) is 0. The van der Waals surface area contributed by atoms with Gasteiger partial charge in [-0.3, -0.25) is 4.79 Å². The minimum atomic E-state index is -0.177. The minimum Gasteiger partial charge on any atom is -0.331 e. The number of nitrogens with zero attached hydrogens (tertiary/aromatic N) is 3. The van der Waals surface area contributed by atoms with Crippen LogP contribution in [0.4, 0.5) is 0 Å². The molecule has 0 aliphatic rings. The molecule has 0 aliphatic heterocycles. The summed E-state index contributed by atoms with van der Waals surface area (Å²) >= 11 is 0. The standard InChI is InChI=1S/C13H19N3O/c1-6-8-12(17)15(5)11(4)13-14-9-10(3)16(13)7-2/h9,11H,7H2,1-5H3. The lowest BCUT2D eigenvalue weighted by molar-refractivity contribution is -0.125. The zero-order valence-electron chi connectivity index (χ0n) is 11.1. The molecule has 1 unspecified atom stereocenters. The van der Waals surface area contributed by atoms with E-state index in [2.05, 4.69) is 28.3 Å². The molecule has 0 radical (unpaired) electrons. The van der Waals surface area contributed by atoms with Gasteiger partial charge in [0, 0.05) is 25.5 Å². The maximum atomic E-state index is 11.7. The number of carbonyl (C=O) groups is 1. The lowest BCUT2D eigenvalue weighted by Crippen LogP contribution is -2.30. The predicted molar refractivity (Wildman–Crippen MR) is 67.3 cm³/mol. The molecule has 4 nitrogen and oxygen atoms in total. The van der Waals surface area contributed by atoms with Crippen LogP contribution in [0.1, 0.15) is 38.3 Å². The Morgan fingerprint density at radius 1 is 1.65 bits per heavy atom. The van der Waals surface area contributed by atoms with Crippen LogP contribution < -0.4 is 0 Å². The molecule has 17 heavy (non-hydrogen) atoms. The second-order valence-electron chi connectivity index (χ2n) is 3.97. The molecule has 0 N–H and O–H groups in total. The van der Waals surface area contributed by atoms with E-state index in [9.17, 15) is 4.79 Å². The molecule has 4 heteroatoms. The molecule has 0 saturated carbocycles. The van der Waals surface area contributed by atoms with Gasteiger partial charge in [0.15, 0.2) is 0 Å². The van der Waals surface area contributed by atoms with E-state index in [4.69, 9.17) is 0 Å². The van der Waals surface area contributed by atoms with E-state index in [0.717, 1.165) is 18.1 Å². The largest absolute Gasteiger partial charge is 0.331 e. The fraction of sp³-hybridized carbons (Fsp3) is 0.538. The van der Waals surface area contributed by atoms with Crippen molar-refractivity contribution in [1.29, 1.82) is 0 Å². The quantitative estimate of drug-likeness (QED) is 0.746. The molecule has 0 spiro atoms. The van der Waals surface area contributed by atoms with Crippen LogP contribution in [0, 0.1) is 18.8 Å². The fourth-order valence-corrected chi connectivity index (χ4v) is 1.77. The Kier molecular flexibility index (Phi) is 4.33. The number of amides is 1. The highest BCUT2D eigenvalue weighted by Gasteiger charge is 2.20. The van der Waals surface area contributed by atoms with Crippen molar-refractivity contribution < 1.29 is 4.79 Å². The first-order chi connectivity index (χ1) is 8.02. The maximum absolute atomic E-state index is 11.7. The van der Waals surface area contributed by atoms with Crippen molar-refractivity contribution in [2.24, 2.45) is 0 Å². The maximum Gasteiger partial charge on any atom is 0.298 e. The number of hydrogen-bond acceptors (Lipinski definition) is 2. The summed E-state index contributed by atoms with van der Waals surface area (Å²) in [4.78, 5) is 17.7. The Hall–Kier alpha value is -1.76. The third-order valence-corrected chi connectivity index (χ3v) is 2.91. The fourth-order valence-electron chi connectivity index (χ4n) is 1.77. The van der Waals surface area contributed by atoms with Gasteiger partial charge in [-0.25, -0.2) is 4.98 Å². The first-order valence-electron chi connectivity index (χ1n) is 5.74. The van der Waals surface area contributed by atoms with Gasteiger partial charge in [-0.1, -0.05) is 5.92 Å². The molecule has 1 atom stereocenters. The summed E-state index contributed by atoms with van der Waals surface area (Å²) in [5.74, 6) is 5.88. The molecular formula is C13H19N3O. The van der Waals surface area contributed by atoms with E-state index >= 15 is 0 Å². The normalized spacial score (nSPS) is 11.6. The second-order valence-corrected chi connectivity index (χ2v) is 3.97. The summed E-state index contributed by atoms with van der Waals surface area (Å²) in [5, 5.41) is 0. The van der Waals surface area contributed by atoms with Gasteiger partial charge < -0.3 is 9.47 Å². The van der Waals surface area contributed by atoms with Gasteiger partial charge in [0.25, 0.3) is 5.91 Å². The molecule has 92 valence electrons. The van der Waals surface area contributed by atoms with Gasteiger partial charge in [-0.15, -0.1) is 0 Å². The summed E-state index contributed by atoms with van der Waals surface area (Å²) < 4.78 is 2.10. The number of carbonyl (C=O) groups excluding carboxylic acids is 1. The van der Waals surface area contributed by atoms with Gasteiger partial charge in [0.2, 0.25) is 0 Å². The van der Waals surface area contributed by atoms with Crippen LogP contribution in [0.25, 0.3) is 0 Å². The minimum absolute atomic E-state index is 0.0722. The first-order valence-corrected chi connectivity index (χ1v) is 5.74. The van der Waals surface area contributed by atoms with Gasteiger partial charge in [0.05, 0.1) is 6.04 Å². The highest BCUT2D eigenvalue weighted by Crippen LogP contribution is 2.18. The predicted octanol–water partition coefficient (Wildman–Crippen LogP) is 1.75. The van der Waals surface area contributed by atoms with E-state index in [1.54, 1.807) is 18.9 Å². The second kappa shape index (κ2) is 5.53. The van der Waals surface area contributed by atoms with Crippen molar-refractivity contribution in [3.8, 4) is 11.8 Å². The van der Waals surface area contributed by atoms with E-state index in [-0.39, 0.29) is 11.9 Å². The molecule has 1 heterocycles. The number of aromatic nitrogens is 2. The Morgan fingerprint density at radius 3 is 2.82 bits per heavy atom. The Balaban J connectivity index is 2.98. The average molecular weight is 233 g/mol. The van der Waals surface area contributed by atoms with Gasteiger partial charge in [0.1, 0.15) is 5.82 Å². The van der Waals surface area contributed by atoms with Crippen LogP contribution in [0.3, 0.4) is 0 Å². The van der Waals surface area contributed by atoms with Crippen LogP contribution in [-0.4, -0.2) is 27.4 Å². The van der Waals surface area contributed by atoms with Crippen LogP contribution in [0.15, 0.2) is 6.20 Å². The number of imidazole rings is 1. The zero-order valence-corrected chi connectivity index (χ0v) is 11.1. The van der Waals surface area contributed by atoms with E-state index < -0.39 is 0 Å². The van der Waals surface area contributed by atoms with Gasteiger partial charge >= 0.3 is 0 Å². The number of rotatable bonds is 3. The van der Waals surface area contributed by atoms with E-state index in [0.29, 0.717) is 0 Å². The monoisotopic (exact) mass is 233 g/mol. The van der Waals surface area contributed by atoms with Crippen LogP contribution >= 0.6 is 0 Å². The van der Waals surface area contributed by atoms with Crippen molar-refractivity contribution in [1.82, 2.24) is 14.5 Å². The van der Waals surface area contributed by atoms with Crippen molar-refractivity contribution in [3.05, 3.63) is 17.7 Å². The van der Waals surface area contributed by atoms with Gasteiger partial charge in [-0.05, 0) is 33.6 Å². The molecule has 0 aliphatic carbocycles. The van der Waals surface area contributed by atoms with Crippen LogP contribution in [0.5, 0.6) is 0 Å². The average Bonchev–Trinajstić information content (AvgIpc) is 2.68. The lowest BCUT2D eigenvalue weighted by atomic mass is 10.2. The summed E-state index contributed by atoms with van der Waals surface area (Å²) in [6.45, 7) is 8.56. The first kappa shape index (κ1) is 13.3. The van der Waals surface area contributed by atoms with Crippen molar-refractivity contribution in [2.75, 3.05) is 7.05 Å². The smallest absolute Gasteiger partial charge is 0.298 e. The Labute approximate surface area is 103 Å². The molecule has 1 amide bonds. The molecule has 1 rings (SSSR count).